The monoisotopic (exact) mass is 326 g/mol. The molecule has 0 bridgehead atoms. The summed E-state index contributed by atoms with van der Waals surface area (Å²) in [6.07, 6.45) is 0.779. The summed E-state index contributed by atoms with van der Waals surface area (Å²) in [7, 11) is 0. The Morgan fingerprint density at radius 1 is 1.04 bits per heavy atom. The summed E-state index contributed by atoms with van der Waals surface area (Å²) in [6, 6.07) is 15.1. The van der Waals surface area contributed by atoms with E-state index in [1.165, 1.54) is 18.1 Å². The third-order valence-electron chi connectivity index (χ3n) is 3.53. The van der Waals surface area contributed by atoms with Crippen molar-refractivity contribution in [1.29, 1.82) is 0 Å². The van der Waals surface area contributed by atoms with Gasteiger partial charge in [0, 0.05) is 13.5 Å². The summed E-state index contributed by atoms with van der Waals surface area (Å²) in [5, 5.41) is 5.51. The van der Waals surface area contributed by atoms with E-state index in [9.17, 15) is 9.59 Å². The highest BCUT2D eigenvalue weighted by Crippen LogP contribution is 2.23. The maximum Gasteiger partial charge on any atom is 0.257 e. The summed E-state index contributed by atoms with van der Waals surface area (Å²) in [4.78, 5) is 23.1. The summed E-state index contributed by atoms with van der Waals surface area (Å²) in [5.41, 5.74) is 2.99. The number of ether oxygens (including phenoxy) is 1. The fourth-order valence-corrected chi connectivity index (χ4v) is 2.31. The summed E-state index contributed by atoms with van der Waals surface area (Å²) >= 11 is 0. The number of hydrogen-bond acceptors (Lipinski definition) is 3. The number of para-hydroxylation sites is 2. The van der Waals surface area contributed by atoms with Crippen LogP contribution in [0.4, 0.5) is 5.69 Å². The van der Waals surface area contributed by atoms with Gasteiger partial charge in [-0.25, -0.2) is 0 Å². The van der Waals surface area contributed by atoms with Crippen LogP contribution < -0.4 is 15.4 Å². The van der Waals surface area contributed by atoms with Crippen molar-refractivity contribution >= 4 is 17.5 Å². The van der Waals surface area contributed by atoms with E-state index in [1.54, 1.807) is 24.3 Å². The van der Waals surface area contributed by atoms with Crippen LogP contribution in [-0.4, -0.2) is 25.0 Å². The standard InChI is InChI=1S/C19H22N2O3/c1-14-7-3-4-8-16(14)11-12-20-19(23)13-24-18-10-6-5-9-17(18)21-15(2)22/h3-10H,11-13H2,1-2H3,(H,20,23)(H,21,22). The van der Waals surface area contributed by atoms with Gasteiger partial charge in [-0.3, -0.25) is 9.59 Å². The van der Waals surface area contributed by atoms with E-state index in [1.807, 2.05) is 12.1 Å². The predicted octanol–water partition coefficient (Wildman–Crippen LogP) is 2.69. The highest BCUT2D eigenvalue weighted by atomic mass is 16.5. The van der Waals surface area contributed by atoms with Gasteiger partial charge in [-0.15, -0.1) is 0 Å². The number of aryl methyl sites for hydroxylation is 1. The van der Waals surface area contributed by atoms with Gasteiger partial charge in [-0.2, -0.15) is 0 Å². The SMILES string of the molecule is CC(=O)Nc1ccccc1OCC(=O)NCCc1ccccc1C. The van der Waals surface area contributed by atoms with Gasteiger partial charge in [0.1, 0.15) is 5.75 Å². The smallest absolute Gasteiger partial charge is 0.257 e. The number of hydrogen-bond donors (Lipinski definition) is 2. The van der Waals surface area contributed by atoms with Crippen molar-refractivity contribution < 1.29 is 14.3 Å². The van der Waals surface area contributed by atoms with Gasteiger partial charge in [0.25, 0.3) is 5.91 Å². The van der Waals surface area contributed by atoms with E-state index in [0.717, 1.165) is 6.42 Å². The Morgan fingerprint density at radius 3 is 2.50 bits per heavy atom. The number of rotatable bonds is 7. The van der Waals surface area contributed by atoms with E-state index < -0.39 is 0 Å². The van der Waals surface area contributed by atoms with Crippen molar-refractivity contribution in [1.82, 2.24) is 5.32 Å². The molecule has 0 spiro atoms. The normalized spacial score (nSPS) is 10.1. The Kier molecular flexibility index (Phi) is 6.37. The molecule has 0 saturated heterocycles. The average Bonchev–Trinajstić information content (AvgIpc) is 2.55. The van der Waals surface area contributed by atoms with E-state index in [-0.39, 0.29) is 18.4 Å². The van der Waals surface area contributed by atoms with Crippen LogP contribution in [0.3, 0.4) is 0 Å². The molecule has 126 valence electrons. The molecule has 0 saturated carbocycles. The largest absolute Gasteiger partial charge is 0.482 e. The topological polar surface area (TPSA) is 67.4 Å². The quantitative estimate of drug-likeness (QED) is 0.822. The van der Waals surface area contributed by atoms with E-state index >= 15 is 0 Å². The van der Waals surface area contributed by atoms with Crippen molar-refractivity contribution in [3.05, 3.63) is 59.7 Å². The number of carbonyl (C=O) groups is 2. The molecule has 24 heavy (non-hydrogen) atoms. The highest BCUT2D eigenvalue weighted by Gasteiger charge is 2.07. The molecule has 2 aromatic rings. The Hall–Kier alpha value is -2.82. The molecule has 0 radical (unpaired) electrons. The lowest BCUT2D eigenvalue weighted by Gasteiger charge is -2.12. The molecule has 0 fully saturated rings. The van der Waals surface area contributed by atoms with Crippen LogP contribution in [0.15, 0.2) is 48.5 Å². The lowest BCUT2D eigenvalue weighted by molar-refractivity contribution is -0.123. The first-order valence-electron chi connectivity index (χ1n) is 7.87. The Balaban J connectivity index is 1.79. The van der Waals surface area contributed by atoms with Gasteiger partial charge in [0.15, 0.2) is 6.61 Å². The molecule has 0 unspecified atom stereocenters. The zero-order valence-corrected chi connectivity index (χ0v) is 14.0. The molecular weight excluding hydrogens is 304 g/mol. The second kappa shape index (κ2) is 8.72. The van der Waals surface area contributed by atoms with Crippen LogP contribution in [-0.2, 0) is 16.0 Å². The molecule has 0 aromatic heterocycles. The third kappa shape index (κ3) is 5.43. The molecule has 0 aliphatic rings. The predicted molar refractivity (Wildman–Crippen MR) is 94.1 cm³/mol. The number of anilines is 1. The highest BCUT2D eigenvalue weighted by molar-refractivity contribution is 5.90. The Morgan fingerprint density at radius 2 is 1.75 bits per heavy atom. The van der Waals surface area contributed by atoms with Crippen LogP contribution in [0.2, 0.25) is 0 Å². The molecule has 0 heterocycles. The van der Waals surface area contributed by atoms with E-state index in [4.69, 9.17) is 4.74 Å². The van der Waals surface area contributed by atoms with Crippen molar-refractivity contribution in [3.8, 4) is 5.75 Å². The first kappa shape index (κ1) is 17.5. The molecule has 2 N–H and O–H groups in total. The molecule has 5 heteroatoms. The first-order chi connectivity index (χ1) is 11.6. The average molecular weight is 326 g/mol. The Bertz CT molecular complexity index is 713. The Labute approximate surface area is 142 Å². The van der Waals surface area contributed by atoms with Gasteiger partial charge in [0.05, 0.1) is 5.69 Å². The van der Waals surface area contributed by atoms with Gasteiger partial charge in [0.2, 0.25) is 5.91 Å². The second-order valence-electron chi connectivity index (χ2n) is 5.49. The van der Waals surface area contributed by atoms with Crippen molar-refractivity contribution in [2.45, 2.75) is 20.3 Å². The van der Waals surface area contributed by atoms with Crippen molar-refractivity contribution in [2.24, 2.45) is 0 Å². The molecule has 2 amide bonds. The zero-order chi connectivity index (χ0) is 17.4. The fraction of sp³-hybridized carbons (Fsp3) is 0.263. The molecule has 2 rings (SSSR count). The summed E-state index contributed by atoms with van der Waals surface area (Å²) < 4.78 is 5.50. The molecule has 2 aromatic carbocycles. The fourth-order valence-electron chi connectivity index (χ4n) is 2.31. The maximum atomic E-state index is 11.9. The summed E-state index contributed by atoms with van der Waals surface area (Å²) in [6.45, 7) is 3.94. The van der Waals surface area contributed by atoms with Gasteiger partial charge in [-0.05, 0) is 36.6 Å². The van der Waals surface area contributed by atoms with E-state index in [2.05, 4.69) is 29.7 Å². The van der Waals surface area contributed by atoms with Crippen LogP contribution >= 0.6 is 0 Å². The minimum atomic E-state index is -0.193. The van der Waals surface area contributed by atoms with E-state index in [0.29, 0.717) is 18.0 Å². The second-order valence-corrected chi connectivity index (χ2v) is 5.49. The summed E-state index contributed by atoms with van der Waals surface area (Å²) in [5.74, 6) is 0.0942. The van der Waals surface area contributed by atoms with Gasteiger partial charge < -0.3 is 15.4 Å². The third-order valence-corrected chi connectivity index (χ3v) is 3.53. The molecule has 0 aliphatic carbocycles. The van der Waals surface area contributed by atoms with Crippen molar-refractivity contribution in [2.75, 3.05) is 18.5 Å². The molecule has 0 atom stereocenters. The van der Waals surface area contributed by atoms with Crippen LogP contribution in [0, 0.1) is 6.92 Å². The number of benzene rings is 2. The molecular formula is C19H22N2O3. The minimum Gasteiger partial charge on any atom is -0.482 e. The maximum absolute atomic E-state index is 11.9. The van der Waals surface area contributed by atoms with Crippen LogP contribution in [0.1, 0.15) is 18.1 Å². The first-order valence-corrected chi connectivity index (χ1v) is 7.87. The zero-order valence-electron chi connectivity index (χ0n) is 14.0. The van der Waals surface area contributed by atoms with Crippen LogP contribution in [0.25, 0.3) is 0 Å². The number of amides is 2. The van der Waals surface area contributed by atoms with Crippen LogP contribution in [0.5, 0.6) is 5.75 Å². The lowest BCUT2D eigenvalue weighted by Crippen LogP contribution is -2.30. The van der Waals surface area contributed by atoms with Crippen molar-refractivity contribution in [3.63, 3.8) is 0 Å². The molecule has 0 aliphatic heterocycles. The van der Waals surface area contributed by atoms with Gasteiger partial charge in [-0.1, -0.05) is 36.4 Å². The number of carbonyl (C=O) groups excluding carboxylic acids is 2. The molecule has 5 nitrogen and oxygen atoms in total. The lowest BCUT2D eigenvalue weighted by atomic mass is 10.1. The minimum absolute atomic E-state index is 0.0929. The van der Waals surface area contributed by atoms with Gasteiger partial charge >= 0.3 is 0 Å². The number of nitrogens with one attached hydrogen (secondary N) is 2.